The third-order valence-corrected chi connectivity index (χ3v) is 3.90. The van der Waals surface area contributed by atoms with Crippen LogP contribution >= 0.6 is 0 Å². The summed E-state index contributed by atoms with van der Waals surface area (Å²) in [4.78, 5) is 5.74. The van der Waals surface area contributed by atoms with Crippen LogP contribution < -0.4 is 5.32 Å². The third-order valence-electron chi connectivity index (χ3n) is 3.90. The molecule has 0 unspecified atom stereocenters. The summed E-state index contributed by atoms with van der Waals surface area (Å²) in [5, 5.41) is 14.3. The summed E-state index contributed by atoms with van der Waals surface area (Å²) < 4.78 is 0. The van der Waals surface area contributed by atoms with Crippen LogP contribution in [0.1, 0.15) is 12.0 Å². The third kappa shape index (κ3) is 2.74. The standard InChI is InChI=1S/C15H21N3O/c19-14-5-1-4-13-15(14)12(11-17-13)3-2-8-18-9-6-16-7-10-18/h1,4-5,11,16-17,19H,2-3,6-10H2. The van der Waals surface area contributed by atoms with Gasteiger partial charge in [0, 0.05) is 43.3 Å². The molecule has 1 fully saturated rings. The van der Waals surface area contributed by atoms with Crippen molar-refractivity contribution >= 4 is 10.9 Å². The Kier molecular flexibility index (Phi) is 3.71. The van der Waals surface area contributed by atoms with Crippen LogP contribution in [0.15, 0.2) is 24.4 Å². The van der Waals surface area contributed by atoms with Gasteiger partial charge in [-0.2, -0.15) is 0 Å². The highest BCUT2D eigenvalue weighted by atomic mass is 16.3. The van der Waals surface area contributed by atoms with Crippen molar-refractivity contribution in [2.45, 2.75) is 12.8 Å². The number of benzene rings is 1. The second-order valence-corrected chi connectivity index (χ2v) is 5.21. The van der Waals surface area contributed by atoms with E-state index in [1.807, 2.05) is 18.3 Å². The Morgan fingerprint density at radius 3 is 2.89 bits per heavy atom. The fourth-order valence-corrected chi connectivity index (χ4v) is 2.86. The molecule has 3 rings (SSSR count). The molecular weight excluding hydrogens is 238 g/mol. The number of nitrogens with zero attached hydrogens (tertiary/aromatic N) is 1. The summed E-state index contributed by atoms with van der Waals surface area (Å²) in [6, 6.07) is 5.64. The Balaban J connectivity index is 1.62. The molecule has 1 saturated heterocycles. The molecule has 102 valence electrons. The molecule has 0 aliphatic carbocycles. The topological polar surface area (TPSA) is 51.3 Å². The molecule has 1 aromatic carbocycles. The predicted molar refractivity (Wildman–Crippen MR) is 77.6 cm³/mol. The van der Waals surface area contributed by atoms with E-state index in [0.29, 0.717) is 5.75 Å². The number of hydrogen-bond acceptors (Lipinski definition) is 3. The molecule has 0 radical (unpaired) electrons. The van der Waals surface area contributed by atoms with Crippen LogP contribution in [0.5, 0.6) is 5.75 Å². The zero-order valence-electron chi connectivity index (χ0n) is 11.2. The van der Waals surface area contributed by atoms with Crippen molar-refractivity contribution in [3.8, 4) is 5.75 Å². The molecule has 1 aromatic heterocycles. The van der Waals surface area contributed by atoms with Crippen LogP contribution in [-0.2, 0) is 6.42 Å². The monoisotopic (exact) mass is 259 g/mol. The fraction of sp³-hybridized carbons (Fsp3) is 0.467. The zero-order chi connectivity index (χ0) is 13.1. The number of H-pyrrole nitrogens is 1. The smallest absolute Gasteiger partial charge is 0.125 e. The van der Waals surface area contributed by atoms with Gasteiger partial charge in [-0.25, -0.2) is 0 Å². The van der Waals surface area contributed by atoms with E-state index in [4.69, 9.17) is 0 Å². The molecule has 1 aliphatic rings. The van der Waals surface area contributed by atoms with Gasteiger partial charge < -0.3 is 20.3 Å². The molecule has 2 aromatic rings. The van der Waals surface area contributed by atoms with Gasteiger partial charge >= 0.3 is 0 Å². The van der Waals surface area contributed by atoms with E-state index in [-0.39, 0.29) is 0 Å². The van der Waals surface area contributed by atoms with E-state index < -0.39 is 0 Å². The lowest BCUT2D eigenvalue weighted by Gasteiger charge is -2.26. The molecule has 1 aliphatic heterocycles. The maximum Gasteiger partial charge on any atom is 0.125 e. The quantitative estimate of drug-likeness (QED) is 0.783. The Bertz CT molecular complexity index is 543. The van der Waals surface area contributed by atoms with Gasteiger partial charge in [0.1, 0.15) is 5.75 Å². The predicted octanol–water partition coefficient (Wildman–Crippen LogP) is 1.71. The number of phenols is 1. The molecule has 0 amide bonds. The minimum atomic E-state index is 0.385. The molecule has 19 heavy (non-hydrogen) atoms. The average Bonchev–Trinajstić information content (AvgIpc) is 2.85. The maximum atomic E-state index is 9.95. The second-order valence-electron chi connectivity index (χ2n) is 5.21. The van der Waals surface area contributed by atoms with Crippen LogP contribution in [0.2, 0.25) is 0 Å². The minimum Gasteiger partial charge on any atom is -0.507 e. The van der Waals surface area contributed by atoms with E-state index >= 15 is 0 Å². The Morgan fingerprint density at radius 2 is 2.05 bits per heavy atom. The number of aromatic amines is 1. The van der Waals surface area contributed by atoms with Crippen LogP contribution in [0.4, 0.5) is 0 Å². The van der Waals surface area contributed by atoms with Crippen molar-refractivity contribution < 1.29 is 5.11 Å². The number of phenolic OH excluding ortho intramolecular Hbond substituents is 1. The summed E-state index contributed by atoms with van der Waals surface area (Å²) in [5.74, 6) is 0.385. The lowest BCUT2D eigenvalue weighted by atomic mass is 10.1. The van der Waals surface area contributed by atoms with E-state index in [2.05, 4.69) is 15.2 Å². The number of fused-ring (bicyclic) bond motifs is 1. The number of piperazine rings is 1. The molecular formula is C15H21N3O. The summed E-state index contributed by atoms with van der Waals surface area (Å²) in [6.07, 6.45) is 4.19. The minimum absolute atomic E-state index is 0.385. The number of nitrogens with one attached hydrogen (secondary N) is 2. The maximum absolute atomic E-state index is 9.95. The van der Waals surface area contributed by atoms with Gasteiger partial charge in [-0.1, -0.05) is 6.07 Å². The van der Waals surface area contributed by atoms with E-state index in [0.717, 1.165) is 56.5 Å². The number of aromatic hydroxyl groups is 1. The van der Waals surface area contributed by atoms with Crippen LogP contribution in [0.3, 0.4) is 0 Å². The Morgan fingerprint density at radius 1 is 1.21 bits per heavy atom. The number of hydrogen-bond donors (Lipinski definition) is 3. The van der Waals surface area contributed by atoms with Crippen molar-refractivity contribution in [1.29, 1.82) is 0 Å². The molecule has 2 heterocycles. The van der Waals surface area contributed by atoms with E-state index in [1.165, 1.54) is 5.56 Å². The molecule has 0 bridgehead atoms. The number of aryl methyl sites for hydroxylation is 1. The zero-order valence-corrected chi connectivity index (χ0v) is 11.2. The van der Waals surface area contributed by atoms with Gasteiger partial charge in [-0.15, -0.1) is 0 Å². The normalized spacial score (nSPS) is 17.1. The summed E-state index contributed by atoms with van der Waals surface area (Å²) in [7, 11) is 0. The van der Waals surface area contributed by atoms with E-state index in [1.54, 1.807) is 6.07 Å². The van der Waals surface area contributed by atoms with Crippen molar-refractivity contribution in [2.75, 3.05) is 32.7 Å². The van der Waals surface area contributed by atoms with Gasteiger partial charge in [-0.05, 0) is 37.1 Å². The van der Waals surface area contributed by atoms with Gasteiger partial charge in [-0.3, -0.25) is 0 Å². The molecule has 0 saturated carbocycles. The van der Waals surface area contributed by atoms with Crippen LogP contribution in [-0.4, -0.2) is 47.7 Å². The Hall–Kier alpha value is -1.52. The van der Waals surface area contributed by atoms with Gasteiger partial charge in [0.15, 0.2) is 0 Å². The fourth-order valence-electron chi connectivity index (χ4n) is 2.86. The van der Waals surface area contributed by atoms with Crippen molar-refractivity contribution in [3.63, 3.8) is 0 Å². The molecule has 4 nitrogen and oxygen atoms in total. The molecule has 3 N–H and O–H groups in total. The first-order chi connectivity index (χ1) is 9.34. The average molecular weight is 259 g/mol. The summed E-state index contributed by atoms with van der Waals surface area (Å²) >= 11 is 0. The highest BCUT2D eigenvalue weighted by Gasteiger charge is 2.11. The first-order valence-corrected chi connectivity index (χ1v) is 7.05. The SMILES string of the molecule is Oc1cccc2[nH]cc(CCCN3CCNCC3)c12. The number of aromatic nitrogens is 1. The van der Waals surface area contributed by atoms with E-state index in [9.17, 15) is 5.11 Å². The molecule has 4 heteroatoms. The lowest BCUT2D eigenvalue weighted by Crippen LogP contribution is -2.43. The largest absolute Gasteiger partial charge is 0.507 e. The van der Waals surface area contributed by atoms with Gasteiger partial charge in [0.2, 0.25) is 0 Å². The second kappa shape index (κ2) is 5.63. The van der Waals surface area contributed by atoms with Crippen LogP contribution in [0.25, 0.3) is 10.9 Å². The molecule has 0 spiro atoms. The van der Waals surface area contributed by atoms with Crippen molar-refractivity contribution in [2.24, 2.45) is 0 Å². The van der Waals surface area contributed by atoms with Crippen LogP contribution in [0, 0.1) is 0 Å². The number of rotatable bonds is 4. The summed E-state index contributed by atoms with van der Waals surface area (Å²) in [5.41, 5.74) is 2.25. The van der Waals surface area contributed by atoms with Gasteiger partial charge in [0.25, 0.3) is 0 Å². The summed E-state index contributed by atoms with van der Waals surface area (Å²) in [6.45, 7) is 5.65. The van der Waals surface area contributed by atoms with Crippen molar-refractivity contribution in [3.05, 3.63) is 30.0 Å². The van der Waals surface area contributed by atoms with Gasteiger partial charge in [0.05, 0.1) is 0 Å². The molecule has 0 atom stereocenters. The Labute approximate surface area is 113 Å². The first-order valence-electron chi connectivity index (χ1n) is 7.05. The highest BCUT2D eigenvalue weighted by molar-refractivity contribution is 5.88. The highest BCUT2D eigenvalue weighted by Crippen LogP contribution is 2.28. The first kappa shape index (κ1) is 12.5. The lowest BCUT2D eigenvalue weighted by molar-refractivity contribution is 0.238. The van der Waals surface area contributed by atoms with Crippen molar-refractivity contribution in [1.82, 2.24) is 15.2 Å².